The SMILES string of the molecule is CCc1cnc(N(CCc2ccc(OC(C)(C)C(=O)O)c(C#N)c2)Cc2ccc(C(F)(F)F)cc2)c(CC)c1. The van der Waals surface area contributed by atoms with Crippen molar-refractivity contribution in [3.63, 3.8) is 0 Å². The first-order chi connectivity index (χ1) is 18.4. The van der Waals surface area contributed by atoms with E-state index in [4.69, 9.17) is 9.72 Å². The second-order valence-electron chi connectivity index (χ2n) is 9.76. The van der Waals surface area contributed by atoms with Gasteiger partial charge in [-0.3, -0.25) is 0 Å². The van der Waals surface area contributed by atoms with Gasteiger partial charge in [-0.05, 0) is 79.6 Å². The maximum Gasteiger partial charge on any atom is 0.416 e. The summed E-state index contributed by atoms with van der Waals surface area (Å²) in [5.41, 5.74) is 1.70. The van der Waals surface area contributed by atoms with Gasteiger partial charge in [-0.1, -0.05) is 38.1 Å². The number of halogens is 3. The van der Waals surface area contributed by atoms with Gasteiger partial charge in [0.25, 0.3) is 0 Å². The predicted molar refractivity (Wildman–Crippen MR) is 143 cm³/mol. The number of rotatable bonds is 11. The number of nitrogens with zero attached hydrogens (tertiary/aromatic N) is 3. The number of aromatic nitrogens is 1. The molecule has 0 saturated heterocycles. The minimum Gasteiger partial charge on any atom is -0.478 e. The summed E-state index contributed by atoms with van der Waals surface area (Å²) in [4.78, 5) is 18.2. The lowest BCUT2D eigenvalue weighted by Gasteiger charge is -2.27. The Kier molecular flexibility index (Phi) is 9.23. The minimum atomic E-state index is -4.40. The normalized spacial score (nSPS) is 11.6. The van der Waals surface area contributed by atoms with E-state index in [-0.39, 0.29) is 11.3 Å². The molecule has 0 spiro atoms. The Morgan fingerprint density at radius 3 is 2.26 bits per heavy atom. The number of benzene rings is 2. The van der Waals surface area contributed by atoms with Crippen molar-refractivity contribution in [2.45, 2.75) is 65.3 Å². The highest BCUT2D eigenvalue weighted by molar-refractivity contribution is 5.77. The van der Waals surface area contributed by atoms with E-state index in [1.165, 1.54) is 26.0 Å². The standard InChI is InChI=1S/C30H32F3N3O3/c1-5-20-15-23(6-2)27(35-18-20)36(19-22-7-10-25(11-8-22)30(31,32)33)14-13-21-9-12-26(24(16-21)17-34)39-29(3,4)28(37)38/h7-12,15-16,18H,5-6,13-14,19H2,1-4H3,(H,37,38). The number of nitriles is 1. The Morgan fingerprint density at radius 2 is 1.69 bits per heavy atom. The van der Waals surface area contributed by atoms with E-state index in [0.717, 1.165) is 47.5 Å². The van der Waals surface area contributed by atoms with E-state index in [1.807, 2.05) is 24.9 Å². The van der Waals surface area contributed by atoms with Crippen molar-refractivity contribution in [2.24, 2.45) is 0 Å². The summed E-state index contributed by atoms with van der Waals surface area (Å²) in [5, 5.41) is 19.0. The molecule has 206 valence electrons. The lowest BCUT2D eigenvalue weighted by Crippen LogP contribution is -2.38. The molecule has 2 aromatic carbocycles. The molecule has 39 heavy (non-hydrogen) atoms. The second-order valence-corrected chi connectivity index (χ2v) is 9.76. The van der Waals surface area contributed by atoms with Crippen molar-refractivity contribution < 1.29 is 27.8 Å². The summed E-state index contributed by atoms with van der Waals surface area (Å²) in [6, 6.07) is 14.3. The summed E-state index contributed by atoms with van der Waals surface area (Å²) in [5.74, 6) is -0.207. The number of aliphatic carboxylic acids is 1. The molecule has 0 saturated carbocycles. The maximum atomic E-state index is 13.1. The van der Waals surface area contributed by atoms with E-state index in [2.05, 4.69) is 12.1 Å². The molecule has 0 aliphatic carbocycles. The molecule has 0 amide bonds. The van der Waals surface area contributed by atoms with E-state index in [0.29, 0.717) is 25.1 Å². The van der Waals surface area contributed by atoms with Crippen LogP contribution in [0.5, 0.6) is 5.75 Å². The van der Waals surface area contributed by atoms with Crippen LogP contribution in [0, 0.1) is 11.3 Å². The van der Waals surface area contributed by atoms with Crippen LogP contribution in [0.15, 0.2) is 54.7 Å². The van der Waals surface area contributed by atoms with E-state index in [9.17, 15) is 28.3 Å². The van der Waals surface area contributed by atoms with E-state index < -0.39 is 23.3 Å². The number of carboxylic acid groups (broad SMARTS) is 1. The van der Waals surface area contributed by atoms with Crippen molar-refractivity contribution in [3.8, 4) is 11.8 Å². The number of ether oxygens (including phenoxy) is 1. The van der Waals surface area contributed by atoms with Gasteiger partial charge in [0.05, 0.1) is 11.1 Å². The second kappa shape index (κ2) is 12.2. The molecule has 1 aromatic heterocycles. The number of hydrogen-bond acceptors (Lipinski definition) is 5. The lowest BCUT2D eigenvalue weighted by atomic mass is 10.0. The van der Waals surface area contributed by atoms with Crippen molar-refractivity contribution in [1.29, 1.82) is 5.26 Å². The number of pyridine rings is 1. The minimum absolute atomic E-state index is 0.181. The largest absolute Gasteiger partial charge is 0.478 e. The highest BCUT2D eigenvalue weighted by Crippen LogP contribution is 2.30. The van der Waals surface area contributed by atoms with Crippen LogP contribution in [0.3, 0.4) is 0 Å². The highest BCUT2D eigenvalue weighted by Gasteiger charge is 2.31. The Hall–Kier alpha value is -4.06. The van der Waals surface area contributed by atoms with Gasteiger partial charge in [-0.25, -0.2) is 9.78 Å². The van der Waals surface area contributed by atoms with Gasteiger partial charge < -0.3 is 14.7 Å². The third-order valence-electron chi connectivity index (χ3n) is 6.46. The molecule has 0 fully saturated rings. The molecule has 0 aliphatic rings. The molecule has 1 N–H and O–H groups in total. The summed E-state index contributed by atoms with van der Waals surface area (Å²) in [6.45, 7) is 7.73. The molecule has 0 unspecified atom stereocenters. The Bertz CT molecular complexity index is 1350. The molecule has 9 heteroatoms. The number of hydrogen-bond donors (Lipinski definition) is 1. The number of alkyl halides is 3. The van der Waals surface area contributed by atoms with Gasteiger partial charge >= 0.3 is 12.1 Å². The summed E-state index contributed by atoms with van der Waals surface area (Å²) in [6.07, 6.45) is -0.497. The number of anilines is 1. The maximum absolute atomic E-state index is 13.1. The molecule has 1 heterocycles. The molecule has 0 radical (unpaired) electrons. The van der Waals surface area contributed by atoms with Crippen LogP contribution in [0.4, 0.5) is 19.0 Å². The zero-order valence-electron chi connectivity index (χ0n) is 22.5. The van der Waals surface area contributed by atoms with Crippen molar-refractivity contribution in [2.75, 3.05) is 11.4 Å². The first kappa shape index (κ1) is 29.5. The molecular weight excluding hydrogens is 507 g/mol. The van der Waals surface area contributed by atoms with Gasteiger partial charge in [-0.15, -0.1) is 0 Å². The van der Waals surface area contributed by atoms with Crippen LogP contribution in [0.2, 0.25) is 0 Å². The topological polar surface area (TPSA) is 86.5 Å². The Labute approximate surface area is 226 Å². The van der Waals surface area contributed by atoms with Crippen LogP contribution in [-0.4, -0.2) is 28.2 Å². The number of carboxylic acids is 1. The first-order valence-corrected chi connectivity index (χ1v) is 12.7. The van der Waals surface area contributed by atoms with E-state index in [1.54, 1.807) is 18.2 Å². The molecule has 0 bridgehead atoms. The van der Waals surface area contributed by atoms with Crippen LogP contribution in [-0.2, 0) is 36.8 Å². The average molecular weight is 540 g/mol. The van der Waals surface area contributed by atoms with Gasteiger partial charge in [-0.2, -0.15) is 18.4 Å². The molecule has 6 nitrogen and oxygen atoms in total. The summed E-state index contributed by atoms with van der Waals surface area (Å²) >= 11 is 0. The van der Waals surface area contributed by atoms with Crippen LogP contribution in [0.1, 0.15) is 61.1 Å². The van der Waals surface area contributed by atoms with Crippen LogP contribution in [0.25, 0.3) is 0 Å². The van der Waals surface area contributed by atoms with Crippen molar-refractivity contribution in [1.82, 2.24) is 4.98 Å². The van der Waals surface area contributed by atoms with Gasteiger partial charge in [0.15, 0.2) is 5.60 Å². The van der Waals surface area contributed by atoms with Gasteiger partial charge in [0, 0.05) is 19.3 Å². The fourth-order valence-electron chi connectivity index (χ4n) is 4.06. The first-order valence-electron chi connectivity index (χ1n) is 12.7. The number of aryl methyl sites for hydroxylation is 2. The Morgan fingerprint density at radius 1 is 1.03 bits per heavy atom. The summed E-state index contributed by atoms with van der Waals surface area (Å²) in [7, 11) is 0. The molecule has 3 aromatic rings. The third-order valence-corrected chi connectivity index (χ3v) is 6.46. The van der Waals surface area contributed by atoms with E-state index >= 15 is 0 Å². The highest BCUT2D eigenvalue weighted by atomic mass is 19.4. The van der Waals surface area contributed by atoms with Crippen LogP contribution >= 0.6 is 0 Å². The summed E-state index contributed by atoms with van der Waals surface area (Å²) < 4.78 is 44.8. The smallest absolute Gasteiger partial charge is 0.416 e. The lowest BCUT2D eigenvalue weighted by molar-refractivity contribution is -0.152. The zero-order chi connectivity index (χ0) is 28.8. The van der Waals surface area contributed by atoms with Gasteiger partial charge in [0.1, 0.15) is 17.6 Å². The molecule has 3 rings (SSSR count). The molecular formula is C30H32F3N3O3. The predicted octanol–water partition coefficient (Wildman–Crippen LogP) is 6.59. The number of carbonyl (C=O) groups is 1. The fraction of sp³-hybridized carbons (Fsp3) is 0.367. The average Bonchev–Trinajstić information content (AvgIpc) is 2.90. The molecule has 0 aliphatic heterocycles. The molecule has 0 atom stereocenters. The van der Waals surface area contributed by atoms with Crippen LogP contribution < -0.4 is 9.64 Å². The zero-order valence-corrected chi connectivity index (χ0v) is 22.5. The monoisotopic (exact) mass is 539 g/mol. The Balaban J connectivity index is 1.89. The van der Waals surface area contributed by atoms with Crippen molar-refractivity contribution in [3.05, 3.63) is 88.1 Å². The van der Waals surface area contributed by atoms with Crippen molar-refractivity contribution >= 4 is 11.8 Å². The van der Waals surface area contributed by atoms with Gasteiger partial charge in [0.2, 0.25) is 0 Å². The third kappa shape index (κ3) is 7.50. The quantitative estimate of drug-likeness (QED) is 0.296. The fourth-order valence-corrected chi connectivity index (χ4v) is 4.06.